The fourth-order valence-corrected chi connectivity index (χ4v) is 1.70. The van der Waals surface area contributed by atoms with E-state index in [9.17, 15) is 19.2 Å². The molecule has 0 heterocycles. The van der Waals surface area contributed by atoms with Crippen molar-refractivity contribution in [2.45, 2.75) is 20.0 Å². The molecule has 1 aromatic carbocycles. The van der Waals surface area contributed by atoms with Crippen LogP contribution in [0.25, 0.3) is 0 Å². The van der Waals surface area contributed by atoms with Crippen LogP contribution in [0, 0.1) is 0 Å². The molecule has 9 nitrogen and oxygen atoms in total. The van der Waals surface area contributed by atoms with E-state index in [1.54, 1.807) is 36.5 Å². The van der Waals surface area contributed by atoms with Gasteiger partial charge < -0.3 is 20.5 Å². The first kappa shape index (κ1) is 18.9. The first-order valence-electron chi connectivity index (χ1n) is 7.15. The number of nitrogens with two attached hydrogens (primary N) is 1. The van der Waals surface area contributed by atoms with Crippen LogP contribution in [0.3, 0.4) is 0 Å². The summed E-state index contributed by atoms with van der Waals surface area (Å²) in [6, 6.07) is 5.51. The maximum Gasteiger partial charge on any atom is 0.326 e. The van der Waals surface area contributed by atoms with E-state index in [4.69, 9.17) is 15.2 Å². The van der Waals surface area contributed by atoms with Gasteiger partial charge in [-0.2, -0.15) is 0 Å². The lowest BCUT2D eigenvalue weighted by Crippen LogP contribution is -2.43. The van der Waals surface area contributed by atoms with Crippen LogP contribution in [-0.2, 0) is 14.3 Å². The largest absolute Gasteiger partial charge is 0.493 e. The van der Waals surface area contributed by atoms with Crippen molar-refractivity contribution in [1.29, 1.82) is 0 Å². The van der Waals surface area contributed by atoms with Crippen molar-refractivity contribution < 1.29 is 28.7 Å². The van der Waals surface area contributed by atoms with Crippen molar-refractivity contribution in [3.63, 3.8) is 0 Å². The monoisotopic (exact) mass is 337 g/mol. The lowest BCUT2D eigenvalue weighted by Gasteiger charge is -2.13. The molecule has 9 heteroatoms. The number of carbonyl (C=O) groups excluding carboxylic acids is 4. The smallest absolute Gasteiger partial charge is 0.326 e. The van der Waals surface area contributed by atoms with Gasteiger partial charge in [0.2, 0.25) is 0 Å². The van der Waals surface area contributed by atoms with E-state index in [0.717, 1.165) is 0 Å². The number of urea groups is 1. The Labute approximate surface area is 138 Å². The van der Waals surface area contributed by atoms with Gasteiger partial charge in [0.25, 0.3) is 11.8 Å². The summed E-state index contributed by atoms with van der Waals surface area (Å²) in [7, 11) is 0. The number of primary amides is 1. The van der Waals surface area contributed by atoms with Crippen molar-refractivity contribution in [1.82, 2.24) is 10.6 Å². The Hall–Kier alpha value is -3.10. The van der Waals surface area contributed by atoms with Gasteiger partial charge in [0.1, 0.15) is 12.3 Å². The predicted molar refractivity (Wildman–Crippen MR) is 83.2 cm³/mol. The van der Waals surface area contributed by atoms with Crippen molar-refractivity contribution in [3.8, 4) is 5.75 Å². The summed E-state index contributed by atoms with van der Waals surface area (Å²) in [6.45, 7) is 2.99. The second-order valence-corrected chi connectivity index (χ2v) is 4.60. The number of imide groups is 1. The van der Waals surface area contributed by atoms with Crippen LogP contribution in [0.2, 0.25) is 0 Å². The van der Waals surface area contributed by atoms with E-state index < -0.39 is 36.5 Å². The molecule has 0 radical (unpaired) electrons. The number of benzene rings is 1. The third kappa shape index (κ3) is 5.95. The lowest BCUT2D eigenvalue weighted by atomic mass is 10.2. The molecule has 1 rings (SSSR count). The van der Waals surface area contributed by atoms with Gasteiger partial charge in [-0.1, -0.05) is 12.1 Å². The topological polar surface area (TPSA) is 137 Å². The Morgan fingerprint density at radius 1 is 1.21 bits per heavy atom. The maximum atomic E-state index is 12.1. The fourth-order valence-electron chi connectivity index (χ4n) is 1.70. The molecule has 1 atom stereocenters. The average molecular weight is 337 g/mol. The first-order valence-corrected chi connectivity index (χ1v) is 7.15. The summed E-state index contributed by atoms with van der Waals surface area (Å²) in [5, 5.41) is 4.14. The number of esters is 1. The minimum atomic E-state index is -1.22. The zero-order chi connectivity index (χ0) is 18.1. The zero-order valence-corrected chi connectivity index (χ0v) is 13.3. The quantitative estimate of drug-likeness (QED) is 0.596. The summed E-state index contributed by atoms with van der Waals surface area (Å²) in [6.07, 6.45) is -1.22. The van der Waals surface area contributed by atoms with Crippen LogP contribution in [0.1, 0.15) is 24.2 Å². The van der Waals surface area contributed by atoms with Gasteiger partial charge in [0, 0.05) is 0 Å². The standard InChI is InChI=1S/C15H19N3O6/c1-3-23-11-7-5-4-6-10(11)14(21)17-8-12(19)24-9(2)13(20)18-15(16)22/h4-7,9H,3,8H2,1-2H3,(H,17,21)(H3,16,18,20,22)/t9-/m0/s1. The molecule has 0 fully saturated rings. The molecule has 4 N–H and O–H groups in total. The third-order valence-corrected chi connectivity index (χ3v) is 2.75. The van der Waals surface area contributed by atoms with Crippen LogP contribution < -0.4 is 21.1 Å². The van der Waals surface area contributed by atoms with Crippen LogP contribution in [0.15, 0.2) is 24.3 Å². The highest BCUT2D eigenvalue weighted by Gasteiger charge is 2.20. The number of carbonyl (C=O) groups is 4. The van der Waals surface area contributed by atoms with Crippen LogP contribution >= 0.6 is 0 Å². The van der Waals surface area contributed by atoms with Gasteiger partial charge in [-0.15, -0.1) is 0 Å². The van der Waals surface area contributed by atoms with Crippen molar-refractivity contribution in [2.75, 3.05) is 13.2 Å². The number of amides is 4. The predicted octanol–water partition coefficient (Wildman–Crippen LogP) is -0.0583. The fraction of sp³-hybridized carbons (Fsp3) is 0.333. The van der Waals surface area contributed by atoms with Crippen molar-refractivity contribution >= 4 is 23.8 Å². The van der Waals surface area contributed by atoms with E-state index in [-0.39, 0.29) is 5.56 Å². The second kappa shape index (κ2) is 9.13. The van der Waals surface area contributed by atoms with E-state index in [1.165, 1.54) is 6.92 Å². The highest BCUT2D eigenvalue weighted by atomic mass is 16.5. The van der Waals surface area contributed by atoms with Crippen molar-refractivity contribution in [2.24, 2.45) is 5.73 Å². The molecule has 0 saturated heterocycles. The van der Waals surface area contributed by atoms with Gasteiger partial charge in [-0.25, -0.2) is 4.79 Å². The lowest BCUT2D eigenvalue weighted by molar-refractivity contribution is -0.153. The molecule has 24 heavy (non-hydrogen) atoms. The molecule has 0 unspecified atom stereocenters. The van der Waals surface area contributed by atoms with E-state index >= 15 is 0 Å². The number of hydrogen-bond acceptors (Lipinski definition) is 6. The molecule has 0 aromatic heterocycles. The first-order chi connectivity index (χ1) is 11.3. The van der Waals surface area contributed by atoms with Crippen LogP contribution in [0.5, 0.6) is 5.75 Å². The molecular weight excluding hydrogens is 318 g/mol. The molecule has 0 bridgehead atoms. The van der Waals surface area contributed by atoms with Crippen molar-refractivity contribution in [3.05, 3.63) is 29.8 Å². The van der Waals surface area contributed by atoms with Gasteiger partial charge in [0.15, 0.2) is 6.10 Å². The van der Waals surface area contributed by atoms with Gasteiger partial charge in [-0.3, -0.25) is 19.7 Å². The summed E-state index contributed by atoms with van der Waals surface area (Å²) in [5.41, 5.74) is 5.05. The van der Waals surface area contributed by atoms with Gasteiger partial charge in [0.05, 0.1) is 12.2 Å². The van der Waals surface area contributed by atoms with Gasteiger partial charge in [-0.05, 0) is 26.0 Å². The number of ether oxygens (including phenoxy) is 2. The van der Waals surface area contributed by atoms with Crippen LogP contribution in [-0.4, -0.2) is 43.1 Å². The summed E-state index contributed by atoms with van der Waals surface area (Å²) >= 11 is 0. The van der Waals surface area contributed by atoms with E-state index in [0.29, 0.717) is 12.4 Å². The number of para-hydroxylation sites is 1. The Morgan fingerprint density at radius 3 is 2.50 bits per heavy atom. The Balaban J connectivity index is 2.54. The highest BCUT2D eigenvalue weighted by Crippen LogP contribution is 2.17. The highest BCUT2D eigenvalue weighted by molar-refractivity contribution is 5.99. The molecule has 4 amide bonds. The average Bonchev–Trinajstić information content (AvgIpc) is 2.52. The molecule has 0 aliphatic carbocycles. The second-order valence-electron chi connectivity index (χ2n) is 4.60. The summed E-state index contributed by atoms with van der Waals surface area (Å²) in [4.78, 5) is 45.6. The van der Waals surface area contributed by atoms with Gasteiger partial charge >= 0.3 is 12.0 Å². The van der Waals surface area contributed by atoms with E-state index in [1.807, 2.05) is 0 Å². The number of hydrogen-bond donors (Lipinski definition) is 3. The maximum absolute atomic E-state index is 12.1. The molecule has 0 saturated carbocycles. The minimum Gasteiger partial charge on any atom is -0.493 e. The molecule has 1 aromatic rings. The Bertz CT molecular complexity index is 631. The Kier molecular flexibility index (Phi) is 7.21. The summed E-state index contributed by atoms with van der Waals surface area (Å²) in [5.74, 6) is -1.83. The number of nitrogens with one attached hydrogen (secondary N) is 2. The molecular formula is C15H19N3O6. The molecule has 0 aliphatic heterocycles. The normalized spacial score (nSPS) is 11.1. The Morgan fingerprint density at radius 2 is 1.88 bits per heavy atom. The molecule has 0 spiro atoms. The number of rotatable bonds is 7. The SMILES string of the molecule is CCOc1ccccc1C(=O)NCC(=O)O[C@@H](C)C(=O)NC(N)=O. The van der Waals surface area contributed by atoms with Crippen LogP contribution in [0.4, 0.5) is 4.79 Å². The zero-order valence-electron chi connectivity index (χ0n) is 13.3. The summed E-state index contributed by atoms with van der Waals surface area (Å²) < 4.78 is 10.1. The van der Waals surface area contributed by atoms with E-state index in [2.05, 4.69) is 5.32 Å². The molecule has 0 aliphatic rings. The third-order valence-electron chi connectivity index (χ3n) is 2.75. The molecule has 130 valence electrons. The minimum absolute atomic E-state index is 0.270.